The van der Waals surface area contributed by atoms with Crippen LogP contribution in [0.25, 0.3) is 0 Å². The van der Waals surface area contributed by atoms with Gasteiger partial charge in [0.2, 0.25) is 0 Å². The summed E-state index contributed by atoms with van der Waals surface area (Å²) in [4.78, 5) is 0. The Balaban J connectivity index is 1.69. The molecule has 0 spiro atoms. The SMILES string of the molecule is Cc1cccc(CSC(C)CNC2CC2)c1. The zero-order valence-corrected chi connectivity index (χ0v) is 11.0. The average molecular weight is 235 g/mol. The minimum atomic E-state index is 0.709. The van der Waals surface area contributed by atoms with E-state index >= 15 is 0 Å². The number of hydrogen-bond acceptors (Lipinski definition) is 2. The van der Waals surface area contributed by atoms with Gasteiger partial charge in [0, 0.05) is 23.6 Å². The molecule has 1 saturated carbocycles. The molecule has 1 aliphatic carbocycles. The maximum atomic E-state index is 3.58. The Morgan fingerprint density at radius 2 is 2.25 bits per heavy atom. The highest BCUT2D eigenvalue weighted by molar-refractivity contribution is 7.99. The number of hydrogen-bond donors (Lipinski definition) is 1. The Kier molecular flexibility index (Phi) is 4.30. The molecular formula is C14H21NS. The van der Waals surface area contributed by atoms with Crippen molar-refractivity contribution in [1.29, 1.82) is 0 Å². The van der Waals surface area contributed by atoms with Crippen LogP contribution in [0.2, 0.25) is 0 Å². The van der Waals surface area contributed by atoms with Gasteiger partial charge >= 0.3 is 0 Å². The van der Waals surface area contributed by atoms with E-state index in [4.69, 9.17) is 0 Å². The highest BCUT2D eigenvalue weighted by Crippen LogP contribution is 2.21. The van der Waals surface area contributed by atoms with Crippen LogP contribution in [0.5, 0.6) is 0 Å². The summed E-state index contributed by atoms with van der Waals surface area (Å²) in [5.74, 6) is 1.13. The van der Waals surface area contributed by atoms with E-state index < -0.39 is 0 Å². The third-order valence-electron chi connectivity index (χ3n) is 2.89. The fourth-order valence-electron chi connectivity index (χ4n) is 1.72. The van der Waals surface area contributed by atoms with Gasteiger partial charge < -0.3 is 5.32 Å². The third-order valence-corrected chi connectivity index (χ3v) is 4.12. The molecule has 1 aromatic rings. The van der Waals surface area contributed by atoms with Crippen molar-refractivity contribution >= 4 is 11.8 Å². The summed E-state index contributed by atoms with van der Waals surface area (Å²) >= 11 is 2.05. The lowest BCUT2D eigenvalue weighted by molar-refractivity contribution is 0.679. The zero-order chi connectivity index (χ0) is 11.4. The summed E-state index contributed by atoms with van der Waals surface area (Å²) < 4.78 is 0. The average Bonchev–Trinajstić information content (AvgIpc) is 3.07. The normalized spacial score (nSPS) is 17.4. The summed E-state index contributed by atoms with van der Waals surface area (Å²) in [6.07, 6.45) is 2.77. The van der Waals surface area contributed by atoms with Crippen molar-refractivity contribution < 1.29 is 0 Å². The van der Waals surface area contributed by atoms with Gasteiger partial charge in [-0.1, -0.05) is 36.8 Å². The van der Waals surface area contributed by atoms with E-state index in [2.05, 4.69) is 43.4 Å². The first kappa shape index (κ1) is 12.0. The van der Waals surface area contributed by atoms with Crippen LogP contribution in [0.15, 0.2) is 24.3 Å². The molecule has 2 heteroatoms. The van der Waals surface area contributed by atoms with E-state index in [1.165, 1.54) is 24.0 Å². The molecule has 16 heavy (non-hydrogen) atoms. The highest BCUT2D eigenvalue weighted by atomic mass is 32.2. The van der Waals surface area contributed by atoms with Crippen molar-refractivity contribution in [3.8, 4) is 0 Å². The molecular weight excluding hydrogens is 214 g/mol. The fraction of sp³-hybridized carbons (Fsp3) is 0.571. The van der Waals surface area contributed by atoms with Gasteiger partial charge in [0.05, 0.1) is 0 Å². The van der Waals surface area contributed by atoms with Crippen molar-refractivity contribution in [2.45, 2.75) is 43.7 Å². The molecule has 2 rings (SSSR count). The van der Waals surface area contributed by atoms with E-state index in [0.29, 0.717) is 5.25 Å². The molecule has 1 atom stereocenters. The van der Waals surface area contributed by atoms with Gasteiger partial charge in [0.1, 0.15) is 0 Å². The summed E-state index contributed by atoms with van der Waals surface area (Å²) in [5, 5.41) is 4.29. The molecule has 0 bridgehead atoms. The molecule has 1 N–H and O–H groups in total. The molecule has 0 heterocycles. The van der Waals surface area contributed by atoms with Gasteiger partial charge in [-0.05, 0) is 25.3 Å². The van der Waals surface area contributed by atoms with Crippen LogP contribution in [0.3, 0.4) is 0 Å². The van der Waals surface area contributed by atoms with E-state index in [9.17, 15) is 0 Å². The molecule has 88 valence electrons. The van der Waals surface area contributed by atoms with Crippen LogP contribution < -0.4 is 5.32 Å². The fourth-order valence-corrected chi connectivity index (χ4v) is 2.59. The quantitative estimate of drug-likeness (QED) is 0.811. The first-order valence-electron chi connectivity index (χ1n) is 6.14. The van der Waals surface area contributed by atoms with E-state index in [-0.39, 0.29) is 0 Å². The van der Waals surface area contributed by atoms with Gasteiger partial charge in [-0.25, -0.2) is 0 Å². The Labute approximate surface area is 103 Å². The van der Waals surface area contributed by atoms with Crippen LogP contribution in [-0.2, 0) is 5.75 Å². The Morgan fingerprint density at radius 1 is 1.44 bits per heavy atom. The monoisotopic (exact) mass is 235 g/mol. The lowest BCUT2D eigenvalue weighted by atomic mass is 10.2. The molecule has 0 radical (unpaired) electrons. The van der Waals surface area contributed by atoms with Crippen molar-refractivity contribution in [2.75, 3.05) is 6.54 Å². The molecule has 0 amide bonds. The van der Waals surface area contributed by atoms with Gasteiger partial charge in [0.15, 0.2) is 0 Å². The van der Waals surface area contributed by atoms with Crippen LogP contribution in [-0.4, -0.2) is 17.8 Å². The Bertz CT molecular complexity index is 333. The summed E-state index contributed by atoms with van der Waals surface area (Å²) in [6.45, 7) is 5.63. The number of rotatable bonds is 6. The molecule has 0 aliphatic heterocycles. The molecule has 1 aliphatic rings. The maximum absolute atomic E-state index is 3.58. The smallest absolute Gasteiger partial charge is 0.0187 e. The van der Waals surface area contributed by atoms with Crippen molar-refractivity contribution in [3.05, 3.63) is 35.4 Å². The minimum Gasteiger partial charge on any atom is -0.313 e. The summed E-state index contributed by atoms with van der Waals surface area (Å²) in [7, 11) is 0. The molecule has 0 saturated heterocycles. The van der Waals surface area contributed by atoms with Crippen molar-refractivity contribution in [1.82, 2.24) is 5.32 Å². The maximum Gasteiger partial charge on any atom is 0.0187 e. The van der Waals surface area contributed by atoms with Gasteiger partial charge in [-0.15, -0.1) is 0 Å². The second-order valence-electron chi connectivity index (χ2n) is 4.79. The molecule has 1 aromatic carbocycles. The molecule has 0 aromatic heterocycles. The first-order valence-corrected chi connectivity index (χ1v) is 7.19. The van der Waals surface area contributed by atoms with Crippen LogP contribution in [0, 0.1) is 6.92 Å². The predicted octanol–water partition coefficient (Wildman–Crippen LogP) is 3.37. The molecule has 1 fully saturated rings. The van der Waals surface area contributed by atoms with Gasteiger partial charge in [-0.2, -0.15) is 11.8 Å². The lowest BCUT2D eigenvalue weighted by Crippen LogP contribution is -2.24. The number of aryl methyl sites for hydroxylation is 1. The predicted molar refractivity (Wildman–Crippen MR) is 73.0 cm³/mol. The molecule has 1 unspecified atom stereocenters. The van der Waals surface area contributed by atoms with E-state index in [0.717, 1.165) is 18.3 Å². The van der Waals surface area contributed by atoms with Gasteiger partial charge in [-0.3, -0.25) is 0 Å². The first-order chi connectivity index (χ1) is 7.74. The second kappa shape index (κ2) is 5.74. The van der Waals surface area contributed by atoms with Crippen molar-refractivity contribution in [2.24, 2.45) is 0 Å². The topological polar surface area (TPSA) is 12.0 Å². The minimum absolute atomic E-state index is 0.709. The van der Waals surface area contributed by atoms with Gasteiger partial charge in [0.25, 0.3) is 0 Å². The van der Waals surface area contributed by atoms with Crippen LogP contribution >= 0.6 is 11.8 Å². The number of thioether (sulfide) groups is 1. The highest BCUT2D eigenvalue weighted by Gasteiger charge is 2.20. The number of nitrogens with one attached hydrogen (secondary N) is 1. The van der Waals surface area contributed by atoms with Crippen molar-refractivity contribution in [3.63, 3.8) is 0 Å². The van der Waals surface area contributed by atoms with Crippen LogP contribution in [0.1, 0.15) is 30.9 Å². The second-order valence-corrected chi connectivity index (χ2v) is 6.22. The molecule has 1 nitrogen and oxygen atoms in total. The largest absolute Gasteiger partial charge is 0.313 e. The number of benzene rings is 1. The third kappa shape index (κ3) is 4.18. The summed E-state index contributed by atoms with van der Waals surface area (Å²) in [6, 6.07) is 9.65. The lowest BCUT2D eigenvalue weighted by Gasteiger charge is -2.12. The zero-order valence-electron chi connectivity index (χ0n) is 10.2. The van der Waals surface area contributed by atoms with Crippen LogP contribution in [0.4, 0.5) is 0 Å². The van der Waals surface area contributed by atoms with E-state index in [1.54, 1.807) is 0 Å². The Morgan fingerprint density at radius 3 is 2.94 bits per heavy atom. The summed E-state index contributed by atoms with van der Waals surface area (Å²) in [5.41, 5.74) is 2.81. The Hall–Kier alpha value is -0.470. The van der Waals surface area contributed by atoms with E-state index in [1.807, 2.05) is 11.8 Å². The standard InChI is InChI=1S/C14H21NS/c1-11-4-3-5-13(8-11)10-16-12(2)9-15-14-6-7-14/h3-5,8,12,14-15H,6-7,9-10H2,1-2H3.